The molecule has 0 saturated carbocycles. The first-order valence-corrected chi connectivity index (χ1v) is 5.78. The monoisotopic (exact) mass is 225 g/mol. The van der Waals surface area contributed by atoms with Crippen molar-refractivity contribution in [1.82, 2.24) is 9.38 Å². The number of nitrogens with zero attached hydrogens (tertiary/aromatic N) is 2. The molecule has 0 atom stereocenters. The van der Waals surface area contributed by atoms with Crippen molar-refractivity contribution in [3.63, 3.8) is 0 Å². The number of hydrogen-bond acceptors (Lipinski definition) is 2. The fourth-order valence-electron chi connectivity index (χ4n) is 2.36. The summed E-state index contributed by atoms with van der Waals surface area (Å²) >= 11 is 0. The second-order valence-corrected chi connectivity index (χ2v) is 4.44. The minimum absolute atomic E-state index is 0.514. The maximum atomic E-state index is 5.83. The number of nitrogens with two attached hydrogens (primary N) is 1. The highest BCUT2D eigenvalue weighted by Crippen LogP contribution is 2.21. The maximum absolute atomic E-state index is 5.83. The summed E-state index contributed by atoms with van der Waals surface area (Å²) < 4.78 is 2.16. The van der Waals surface area contributed by atoms with Crippen molar-refractivity contribution in [2.24, 2.45) is 5.73 Å². The van der Waals surface area contributed by atoms with Crippen LogP contribution in [0.25, 0.3) is 16.6 Å². The molecule has 3 heteroatoms. The molecule has 0 aliphatic rings. The minimum atomic E-state index is 0.514. The van der Waals surface area contributed by atoms with Gasteiger partial charge in [0.2, 0.25) is 0 Å². The van der Waals surface area contributed by atoms with Crippen LogP contribution in [0.4, 0.5) is 0 Å². The van der Waals surface area contributed by atoms with Crippen molar-refractivity contribution in [1.29, 1.82) is 0 Å². The van der Waals surface area contributed by atoms with Crippen LogP contribution in [-0.4, -0.2) is 9.38 Å². The first-order chi connectivity index (χ1) is 8.20. The molecule has 86 valence electrons. The molecule has 0 saturated heterocycles. The van der Waals surface area contributed by atoms with E-state index in [2.05, 4.69) is 40.6 Å². The molecule has 2 heterocycles. The molecule has 3 nitrogen and oxygen atoms in total. The zero-order valence-corrected chi connectivity index (χ0v) is 10.1. The summed E-state index contributed by atoms with van der Waals surface area (Å²) in [6, 6.07) is 10.6. The average molecular weight is 225 g/mol. The quantitative estimate of drug-likeness (QED) is 0.691. The highest BCUT2D eigenvalue weighted by Gasteiger charge is 2.09. The zero-order valence-electron chi connectivity index (χ0n) is 10.1. The van der Waals surface area contributed by atoms with Crippen LogP contribution in [0, 0.1) is 13.8 Å². The molecule has 0 aliphatic carbocycles. The van der Waals surface area contributed by atoms with Gasteiger partial charge in [-0.1, -0.05) is 12.1 Å². The Morgan fingerprint density at radius 3 is 2.71 bits per heavy atom. The van der Waals surface area contributed by atoms with Gasteiger partial charge in [-0.25, -0.2) is 4.98 Å². The summed E-state index contributed by atoms with van der Waals surface area (Å²) in [5.41, 5.74) is 11.3. The smallest absolute Gasteiger partial charge is 0.137 e. The van der Waals surface area contributed by atoms with Crippen LogP contribution in [0.3, 0.4) is 0 Å². The second-order valence-electron chi connectivity index (χ2n) is 4.44. The van der Waals surface area contributed by atoms with Gasteiger partial charge in [-0.3, -0.25) is 4.40 Å². The van der Waals surface area contributed by atoms with E-state index in [0.717, 1.165) is 17.0 Å². The van der Waals surface area contributed by atoms with Crippen LogP contribution in [0.2, 0.25) is 0 Å². The highest BCUT2D eigenvalue weighted by molar-refractivity contribution is 5.83. The van der Waals surface area contributed by atoms with E-state index in [0.29, 0.717) is 6.54 Å². The molecular weight excluding hydrogens is 210 g/mol. The van der Waals surface area contributed by atoms with Crippen LogP contribution < -0.4 is 5.73 Å². The lowest BCUT2D eigenvalue weighted by molar-refractivity contribution is 0.961. The molecular formula is C14H15N3. The zero-order chi connectivity index (χ0) is 12.0. The van der Waals surface area contributed by atoms with E-state index >= 15 is 0 Å². The fraction of sp³-hybridized carbons (Fsp3) is 0.214. The number of benzene rings is 1. The maximum Gasteiger partial charge on any atom is 0.137 e. The molecule has 0 spiro atoms. The summed E-state index contributed by atoms with van der Waals surface area (Å²) in [4.78, 5) is 4.55. The highest BCUT2D eigenvalue weighted by atomic mass is 15.0. The Hall–Kier alpha value is -1.87. The van der Waals surface area contributed by atoms with E-state index < -0.39 is 0 Å². The van der Waals surface area contributed by atoms with Gasteiger partial charge in [0.25, 0.3) is 0 Å². The normalized spacial score (nSPS) is 11.5. The standard InChI is InChI=1S/C14H15N3/c1-9-3-4-11-5-6-14-16-10(2)13(8-15)17(14)12(11)7-9/h3-7H,8,15H2,1-2H3. The summed E-state index contributed by atoms with van der Waals surface area (Å²) in [7, 11) is 0. The van der Waals surface area contributed by atoms with E-state index in [1.54, 1.807) is 0 Å². The molecule has 2 N–H and O–H groups in total. The first-order valence-electron chi connectivity index (χ1n) is 5.78. The number of pyridine rings is 1. The van der Waals surface area contributed by atoms with Crippen LogP contribution in [0.15, 0.2) is 30.3 Å². The Labute approximate surface area is 99.9 Å². The molecule has 0 bridgehead atoms. The molecule has 1 aromatic carbocycles. The van der Waals surface area contributed by atoms with Crippen LogP contribution in [-0.2, 0) is 6.54 Å². The van der Waals surface area contributed by atoms with Gasteiger partial charge in [0.1, 0.15) is 5.65 Å². The Bertz CT molecular complexity index is 710. The average Bonchev–Trinajstić information content (AvgIpc) is 2.64. The molecule has 3 rings (SSSR count). The van der Waals surface area contributed by atoms with Crippen molar-refractivity contribution in [2.75, 3.05) is 0 Å². The van der Waals surface area contributed by atoms with Gasteiger partial charge in [0.15, 0.2) is 0 Å². The molecule has 0 aliphatic heterocycles. The largest absolute Gasteiger partial charge is 0.325 e. The third kappa shape index (κ3) is 1.43. The van der Waals surface area contributed by atoms with Gasteiger partial charge in [-0.15, -0.1) is 0 Å². The number of aryl methyl sites for hydroxylation is 2. The lowest BCUT2D eigenvalue weighted by Gasteiger charge is -2.06. The molecule has 17 heavy (non-hydrogen) atoms. The predicted molar refractivity (Wildman–Crippen MR) is 70.1 cm³/mol. The van der Waals surface area contributed by atoms with Crippen molar-refractivity contribution in [3.8, 4) is 0 Å². The van der Waals surface area contributed by atoms with Gasteiger partial charge in [0.05, 0.1) is 16.9 Å². The van der Waals surface area contributed by atoms with Crippen LogP contribution >= 0.6 is 0 Å². The number of imidazole rings is 1. The number of aromatic nitrogens is 2. The van der Waals surface area contributed by atoms with Crippen LogP contribution in [0.1, 0.15) is 17.0 Å². The van der Waals surface area contributed by atoms with E-state index in [4.69, 9.17) is 5.73 Å². The van der Waals surface area contributed by atoms with Crippen molar-refractivity contribution in [2.45, 2.75) is 20.4 Å². The predicted octanol–water partition coefficient (Wildman–Crippen LogP) is 2.56. The van der Waals surface area contributed by atoms with Gasteiger partial charge in [-0.2, -0.15) is 0 Å². The second kappa shape index (κ2) is 3.57. The van der Waals surface area contributed by atoms with Crippen molar-refractivity contribution >= 4 is 16.6 Å². The third-order valence-corrected chi connectivity index (χ3v) is 3.23. The van der Waals surface area contributed by atoms with E-state index in [-0.39, 0.29) is 0 Å². The molecule has 3 aromatic rings. The van der Waals surface area contributed by atoms with Gasteiger partial charge < -0.3 is 5.73 Å². The number of fused-ring (bicyclic) bond motifs is 3. The summed E-state index contributed by atoms with van der Waals surface area (Å²) in [5, 5.41) is 1.22. The summed E-state index contributed by atoms with van der Waals surface area (Å²) in [6.45, 7) is 4.63. The first kappa shape index (κ1) is 10.3. The van der Waals surface area contributed by atoms with Gasteiger partial charge in [-0.05, 0) is 43.0 Å². The molecule has 0 fully saturated rings. The van der Waals surface area contributed by atoms with Crippen molar-refractivity contribution in [3.05, 3.63) is 47.3 Å². The topological polar surface area (TPSA) is 43.3 Å². The Balaban J connectivity index is 2.56. The van der Waals surface area contributed by atoms with Crippen LogP contribution in [0.5, 0.6) is 0 Å². The Morgan fingerprint density at radius 1 is 1.18 bits per heavy atom. The summed E-state index contributed by atoms with van der Waals surface area (Å²) in [6.07, 6.45) is 0. The molecule has 0 amide bonds. The lowest BCUT2D eigenvalue weighted by Crippen LogP contribution is -2.03. The van der Waals surface area contributed by atoms with Gasteiger partial charge >= 0.3 is 0 Å². The fourth-order valence-corrected chi connectivity index (χ4v) is 2.36. The van der Waals surface area contributed by atoms with E-state index in [1.807, 2.05) is 13.0 Å². The van der Waals surface area contributed by atoms with Gasteiger partial charge in [0, 0.05) is 6.54 Å². The Morgan fingerprint density at radius 2 is 1.94 bits per heavy atom. The molecule has 0 unspecified atom stereocenters. The summed E-state index contributed by atoms with van der Waals surface area (Å²) in [5.74, 6) is 0. The lowest BCUT2D eigenvalue weighted by atomic mass is 10.1. The Kier molecular flexibility index (Phi) is 2.16. The van der Waals surface area contributed by atoms with E-state index in [9.17, 15) is 0 Å². The minimum Gasteiger partial charge on any atom is -0.325 e. The number of hydrogen-bond donors (Lipinski definition) is 1. The molecule has 0 radical (unpaired) electrons. The third-order valence-electron chi connectivity index (χ3n) is 3.23. The number of rotatable bonds is 1. The van der Waals surface area contributed by atoms with E-state index in [1.165, 1.54) is 16.5 Å². The van der Waals surface area contributed by atoms with Crippen molar-refractivity contribution < 1.29 is 0 Å². The molecule has 2 aromatic heterocycles. The SMILES string of the molecule is Cc1ccc2ccc3nc(C)c(CN)n3c2c1.